The molecule has 0 fully saturated rings. The van der Waals surface area contributed by atoms with E-state index in [-0.39, 0.29) is 5.91 Å². The Hall–Kier alpha value is -1.84. The average molecular weight is 273 g/mol. The van der Waals surface area contributed by atoms with Crippen LogP contribution in [-0.2, 0) is 0 Å². The number of hydrogen-bond acceptors (Lipinski definition) is 2. The topological polar surface area (TPSA) is 46.9 Å². The van der Waals surface area contributed by atoms with Gasteiger partial charge in [-0.15, -0.1) is 0 Å². The van der Waals surface area contributed by atoms with Crippen molar-refractivity contribution in [1.29, 1.82) is 0 Å². The van der Waals surface area contributed by atoms with E-state index in [1.165, 1.54) is 0 Å². The molecule has 2 aromatic rings. The van der Waals surface area contributed by atoms with Crippen LogP contribution in [0.2, 0.25) is 0 Å². The van der Waals surface area contributed by atoms with E-state index in [2.05, 4.69) is 35.6 Å². The van der Waals surface area contributed by atoms with Crippen molar-refractivity contribution in [3.63, 3.8) is 0 Å². The quantitative estimate of drug-likeness (QED) is 0.818. The van der Waals surface area contributed by atoms with Crippen molar-refractivity contribution in [2.45, 2.75) is 46.1 Å². The molecule has 1 aromatic carbocycles. The van der Waals surface area contributed by atoms with Crippen molar-refractivity contribution in [1.82, 2.24) is 14.9 Å². The third-order valence-corrected chi connectivity index (χ3v) is 3.46. The number of unbranched alkanes of at least 4 members (excludes halogenated alkanes) is 2. The van der Waals surface area contributed by atoms with Crippen molar-refractivity contribution in [3.8, 4) is 0 Å². The SMILES string of the molecule is CCCCCNC(=O)c1ccc2c(c1)ncn2C(C)C. The van der Waals surface area contributed by atoms with Crippen LogP contribution in [0.25, 0.3) is 11.0 Å². The van der Waals surface area contributed by atoms with Crippen molar-refractivity contribution in [2.75, 3.05) is 6.54 Å². The highest BCUT2D eigenvalue weighted by Crippen LogP contribution is 2.18. The number of fused-ring (bicyclic) bond motifs is 1. The Bertz CT molecular complexity index is 586. The molecule has 0 aliphatic rings. The maximum absolute atomic E-state index is 12.0. The first kappa shape index (κ1) is 14.6. The van der Waals surface area contributed by atoms with Gasteiger partial charge in [0.05, 0.1) is 17.4 Å². The van der Waals surface area contributed by atoms with Gasteiger partial charge in [-0.25, -0.2) is 4.98 Å². The third-order valence-electron chi connectivity index (χ3n) is 3.46. The maximum Gasteiger partial charge on any atom is 0.251 e. The summed E-state index contributed by atoms with van der Waals surface area (Å²) in [5, 5.41) is 2.95. The predicted molar refractivity (Wildman–Crippen MR) is 82.0 cm³/mol. The van der Waals surface area contributed by atoms with Gasteiger partial charge in [-0.2, -0.15) is 0 Å². The molecule has 0 saturated heterocycles. The van der Waals surface area contributed by atoms with Gasteiger partial charge in [-0.3, -0.25) is 4.79 Å². The number of imidazole rings is 1. The summed E-state index contributed by atoms with van der Waals surface area (Å²) < 4.78 is 2.11. The van der Waals surface area contributed by atoms with Crippen LogP contribution in [0.5, 0.6) is 0 Å². The van der Waals surface area contributed by atoms with E-state index in [1.54, 1.807) is 0 Å². The fourth-order valence-corrected chi connectivity index (χ4v) is 2.26. The number of aromatic nitrogens is 2. The maximum atomic E-state index is 12.0. The summed E-state index contributed by atoms with van der Waals surface area (Å²) in [4.78, 5) is 16.4. The molecule has 0 radical (unpaired) electrons. The highest BCUT2D eigenvalue weighted by Gasteiger charge is 2.10. The van der Waals surface area contributed by atoms with Gasteiger partial charge in [0.1, 0.15) is 0 Å². The largest absolute Gasteiger partial charge is 0.352 e. The highest BCUT2D eigenvalue weighted by atomic mass is 16.1. The minimum Gasteiger partial charge on any atom is -0.352 e. The van der Waals surface area contributed by atoms with Crippen molar-refractivity contribution in [2.24, 2.45) is 0 Å². The molecular formula is C16H23N3O. The molecule has 0 aliphatic carbocycles. The number of nitrogens with zero attached hydrogens (tertiary/aromatic N) is 2. The van der Waals surface area contributed by atoms with Crippen LogP contribution in [0.15, 0.2) is 24.5 Å². The van der Waals surface area contributed by atoms with Crippen LogP contribution >= 0.6 is 0 Å². The number of nitrogens with one attached hydrogen (secondary N) is 1. The number of hydrogen-bond donors (Lipinski definition) is 1. The van der Waals surface area contributed by atoms with Crippen LogP contribution in [0.4, 0.5) is 0 Å². The lowest BCUT2D eigenvalue weighted by Gasteiger charge is -2.08. The second-order valence-corrected chi connectivity index (χ2v) is 5.41. The second-order valence-electron chi connectivity index (χ2n) is 5.41. The summed E-state index contributed by atoms with van der Waals surface area (Å²) in [5.41, 5.74) is 2.63. The van der Waals surface area contributed by atoms with Gasteiger partial charge >= 0.3 is 0 Å². The second kappa shape index (κ2) is 6.55. The molecule has 1 amide bonds. The molecule has 108 valence electrons. The normalized spacial score (nSPS) is 11.2. The van der Waals surface area contributed by atoms with Crippen LogP contribution < -0.4 is 5.32 Å². The molecule has 4 nitrogen and oxygen atoms in total. The smallest absolute Gasteiger partial charge is 0.251 e. The third kappa shape index (κ3) is 3.18. The van der Waals surface area contributed by atoms with Gasteiger partial charge in [0.2, 0.25) is 0 Å². The van der Waals surface area contributed by atoms with E-state index in [4.69, 9.17) is 0 Å². The molecule has 2 rings (SSSR count). The predicted octanol–water partition coefficient (Wildman–Crippen LogP) is 3.54. The monoisotopic (exact) mass is 273 g/mol. The first-order valence-electron chi connectivity index (χ1n) is 7.38. The van der Waals surface area contributed by atoms with Crippen molar-refractivity contribution >= 4 is 16.9 Å². The Morgan fingerprint density at radius 3 is 2.85 bits per heavy atom. The molecule has 1 N–H and O–H groups in total. The standard InChI is InChI=1S/C16H23N3O/c1-4-5-6-9-17-16(20)13-7-8-15-14(10-13)18-11-19(15)12(2)3/h7-8,10-12H,4-6,9H2,1-3H3,(H,17,20). The lowest BCUT2D eigenvalue weighted by atomic mass is 10.1. The van der Waals surface area contributed by atoms with Gasteiger partial charge in [0.25, 0.3) is 5.91 Å². The number of rotatable bonds is 6. The van der Waals surface area contributed by atoms with E-state index >= 15 is 0 Å². The summed E-state index contributed by atoms with van der Waals surface area (Å²) in [5.74, 6) is -0.0119. The Balaban J connectivity index is 2.10. The Morgan fingerprint density at radius 1 is 1.35 bits per heavy atom. The Labute approximate surface area is 120 Å². The zero-order valence-corrected chi connectivity index (χ0v) is 12.5. The molecule has 0 spiro atoms. The molecule has 0 unspecified atom stereocenters. The summed E-state index contributed by atoms with van der Waals surface area (Å²) in [6, 6.07) is 6.08. The Kier molecular flexibility index (Phi) is 4.77. The number of amides is 1. The van der Waals surface area contributed by atoms with Crippen LogP contribution in [0, 0.1) is 0 Å². The zero-order chi connectivity index (χ0) is 14.5. The molecular weight excluding hydrogens is 250 g/mol. The summed E-state index contributed by atoms with van der Waals surface area (Å²) in [6.07, 6.45) is 5.18. The van der Waals surface area contributed by atoms with E-state index in [9.17, 15) is 4.79 Å². The molecule has 20 heavy (non-hydrogen) atoms. The van der Waals surface area contributed by atoms with E-state index in [0.717, 1.165) is 36.8 Å². The highest BCUT2D eigenvalue weighted by molar-refractivity contribution is 5.97. The van der Waals surface area contributed by atoms with E-state index in [1.807, 2.05) is 24.5 Å². The molecule has 0 saturated carbocycles. The molecule has 4 heteroatoms. The molecule has 0 aliphatic heterocycles. The molecule has 0 bridgehead atoms. The van der Waals surface area contributed by atoms with Crippen molar-refractivity contribution in [3.05, 3.63) is 30.1 Å². The number of carbonyl (C=O) groups is 1. The molecule has 1 aromatic heterocycles. The zero-order valence-electron chi connectivity index (χ0n) is 12.5. The summed E-state index contributed by atoms with van der Waals surface area (Å²) in [6.45, 7) is 7.14. The first-order chi connectivity index (χ1) is 9.63. The van der Waals surface area contributed by atoms with E-state index < -0.39 is 0 Å². The van der Waals surface area contributed by atoms with Crippen molar-refractivity contribution < 1.29 is 4.79 Å². The lowest BCUT2D eigenvalue weighted by molar-refractivity contribution is 0.0953. The fourth-order valence-electron chi connectivity index (χ4n) is 2.26. The summed E-state index contributed by atoms with van der Waals surface area (Å²) in [7, 11) is 0. The number of benzene rings is 1. The number of carbonyl (C=O) groups excluding carboxylic acids is 1. The van der Waals surface area contributed by atoms with Crippen LogP contribution in [0.3, 0.4) is 0 Å². The minimum absolute atomic E-state index is 0.0119. The Morgan fingerprint density at radius 2 is 2.15 bits per heavy atom. The summed E-state index contributed by atoms with van der Waals surface area (Å²) >= 11 is 0. The average Bonchev–Trinajstić information content (AvgIpc) is 2.86. The van der Waals surface area contributed by atoms with Crippen LogP contribution in [0.1, 0.15) is 56.4 Å². The molecule has 1 heterocycles. The lowest BCUT2D eigenvalue weighted by Crippen LogP contribution is -2.24. The van der Waals surface area contributed by atoms with Gasteiger partial charge in [0.15, 0.2) is 0 Å². The van der Waals surface area contributed by atoms with E-state index in [0.29, 0.717) is 11.6 Å². The van der Waals surface area contributed by atoms with Gasteiger partial charge < -0.3 is 9.88 Å². The van der Waals surface area contributed by atoms with Gasteiger partial charge in [0, 0.05) is 18.2 Å². The molecule has 0 atom stereocenters. The van der Waals surface area contributed by atoms with Gasteiger partial charge in [-0.05, 0) is 38.5 Å². The minimum atomic E-state index is -0.0119. The fraction of sp³-hybridized carbons (Fsp3) is 0.500. The van der Waals surface area contributed by atoms with Crippen LogP contribution in [-0.4, -0.2) is 22.0 Å². The van der Waals surface area contributed by atoms with Gasteiger partial charge in [-0.1, -0.05) is 19.8 Å². The first-order valence-corrected chi connectivity index (χ1v) is 7.38.